The summed E-state index contributed by atoms with van der Waals surface area (Å²) in [7, 11) is 0. The summed E-state index contributed by atoms with van der Waals surface area (Å²) in [5, 5.41) is 12.2. The van der Waals surface area contributed by atoms with Crippen molar-refractivity contribution in [3.8, 4) is 33.4 Å². The van der Waals surface area contributed by atoms with E-state index in [2.05, 4.69) is 217 Å². The van der Waals surface area contributed by atoms with Crippen LogP contribution in [0.25, 0.3) is 98.4 Å². The number of para-hydroxylation sites is 1. The van der Waals surface area contributed by atoms with Gasteiger partial charge in [-0.15, -0.1) is 0 Å². The average molecular weight is 764 g/mol. The molecule has 0 atom stereocenters. The second-order valence-electron chi connectivity index (χ2n) is 15.6. The van der Waals surface area contributed by atoms with Gasteiger partial charge in [-0.05, 0) is 126 Å². The number of hydrogen-bond donors (Lipinski definition) is 0. The van der Waals surface area contributed by atoms with Crippen LogP contribution in [-0.2, 0) is 0 Å². The third kappa shape index (κ3) is 5.57. The number of rotatable bonds is 6. The molecule has 0 saturated heterocycles. The Morgan fingerprint density at radius 1 is 0.283 bits per heavy atom. The van der Waals surface area contributed by atoms with Gasteiger partial charge in [-0.1, -0.05) is 170 Å². The summed E-state index contributed by atoms with van der Waals surface area (Å²) in [6.07, 6.45) is 0. The SMILES string of the molecule is c1ccc(-c2cccc(N(c3ccc(-c4cc5ccccc5c5ccccc45)cc3)c3cccc4c(-c5ccc6c(ccc7oc8ccccc8c76)c5)cccc34)c2)cc1. The van der Waals surface area contributed by atoms with Crippen molar-refractivity contribution in [3.63, 3.8) is 0 Å². The zero-order valence-electron chi connectivity index (χ0n) is 32.7. The normalized spacial score (nSPS) is 11.7. The van der Waals surface area contributed by atoms with E-state index >= 15 is 0 Å². The van der Waals surface area contributed by atoms with Crippen molar-refractivity contribution < 1.29 is 4.42 Å². The summed E-state index contributed by atoms with van der Waals surface area (Å²) in [5.41, 5.74) is 12.3. The minimum Gasteiger partial charge on any atom is -0.456 e. The molecule has 0 aliphatic carbocycles. The molecule has 0 bridgehead atoms. The lowest BCUT2D eigenvalue weighted by molar-refractivity contribution is 0.669. The fourth-order valence-electron chi connectivity index (χ4n) is 9.43. The minimum absolute atomic E-state index is 0.918. The molecule has 0 aliphatic rings. The molecule has 0 amide bonds. The number of benzene rings is 11. The van der Waals surface area contributed by atoms with E-state index in [1.807, 2.05) is 12.1 Å². The highest BCUT2D eigenvalue weighted by atomic mass is 16.3. The molecule has 60 heavy (non-hydrogen) atoms. The molecule has 0 saturated carbocycles. The molecular weight excluding hydrogens is 727 g/mol. The molecule has 0 aliphatic heterocycles. The van der Waals surface area contributed by atoms with Crippen LogP contribution >= 0.6 is 0 Å². The van der Waals surface area contributed by atoms with Crippen LogP contribution in [0.3, 0.4) is 0 Å². The second kappa shape index (κ2) is 13.9. The highest BCUT2D eigenvalue weighted by Gasteiger charge is 2.19. The lowest BCUT2D eigenvalue weighted by atomic mass is 9.93. The number of nitrogens with zero attached hydrogens (tertiary/aromatic N) is 1. The summed E-state index contributed by atoms with van der Waals surface area (Å²) in [6, 6.07) is 81.4. The van der Waals surface area contributed by atoms with Gasteiger partial charge in [-0.25, -0.2) is 0 Å². The zero-order chi connectivity index (χ0) is 39.6. The third-order valence-electron chi connectivity index (χ3n) is 12.2. The maximum absolute atomic E-state index is 6.23. The Bertz CT molecular complexity index is 3600. The first-order valence-corrected chi connectivity index (χ1v) is 20.6. The lowest BCUT2D eigenvalue weighted by Gasteiger charge is -2.28. The average Bonchev–Trinajstić information content (AvgIpc) is 3.71. The zero-order valence-corrected chi connectivity index (χ0v) is 32.7. The van der Waals surface area contributed by atoms with Crippen molar-refractivity contribution in [3.05, 3.63) is 224 Å². The van der Waals surface area contributed by atoms with Crippen molar-refractivity contribution in [2.45, 2.75) is 0 Å². The van der Waals surface area contributed by atoms with Crippen LogP contribution < -0.4 is 4.90 Å². The second-order valence-corrected chi connectivity index (χ2v) is 15.6. The Labute approximate surface area is 347 Å². The van der Waals surface area contributed by atoms with E-state index in [0.717, 1.165) is 33.6 Å². The highest BCUT2D eigenvalue weighted by Crippen LogP contribution is 2.44. The Kier molecular flexibility index (Phi) is 7.89. The molecule has 1 heterocycles. The van der Waals surface area contributed by atoms with Crippen LogP contribution in [0.5, 0.6) is 0 Å². The molecule has 0 fully saturated rings. The van der Waals surface area contributed by atoms with E-state index < -0.39 is 0 Å². The monoisotopic (exact) mass is 763 g/mol. The van der Waals surface area contributed by atoms with E-state index in [-0.39, 0.29) is 0 Å². The highest BCUT2D eigenvalue weighted by molar-refractivity contribution is 6.19. The molecule has 2 nitrogen and oxygen atoms in total. The molecule has 11 aromatic carbocycles. The fraction of sp³-hybridized carbons (Fsp3) is 0. The van der Waals surface area contributed by atoms with E-state index in [1.165, 1.54) is 81.9 Å². The Hall–Kier alpha value is -7.94. The van der Waals surface area contributed by atoms with Gasteiger partial charge in [-0.2, -0.15) is 0 Å². The van der Waals surface area contributed by atoms with Crippen molar-refractivity contribution in [1.29, 1.82) is 0 Å². The number of fused-ring (bicyclic) bond motifs is 9. The van der Waals surface area contributed by atoms with Gasteiger partial charge >= 0.3 is 0 Å². The first kappa shape index (κ1) is 34.1. The molecule has 280 valence electrons. The summed E-state index contributed by atoms with van der Waals surface area (Å²) >= 11 is 0. The molecule has 0 unspecified atom stereocenters. The fourth-order valence-corrected chi connectivity index (χ4v) is 9.43. The van der Waals surface area contributed by atoms with Crippen LogP contribution in [0.2, 0.25) is 0 Å². The first-order chi connectivity index (χ1) is 29.7. The van der Waals surface area contributed by atoms with E-state index in [4.69, 9.17) is 4.42 Å². The van der Waals surface area contributed by atoms with Gasteiger partial charge in [0.25, 0.3) is 0 Å². The first-order valence-electron chi connectivity index (χ1n) is 20.6. The standard InChI is InChI=1S/C58H37NO/c1-2-13-38(14-3-1)40-16-10-17-45(36-40)59(44-31-27-39(28-32-44)54-37-41-15-4-5-18-46(41)49-19-6-7-20-51(49)54)55-25-12-23-50-47(22-11-24-52(50)55)42-29-33-48-43(35-42)30-34-57-58(48)53-21-8-9-26-56(53)60-57/h1-37H. The Morgan fingerprint density at radius 2 is 0.933 bits per heavy atom. The van der Waals surface area contributed by atoms with Gasteiger partial charge in [-0.3, -0.25) is 0 Å². The molecule has 0 radical (unpaired) electrons. The minimum atomic E-state index is 0.918. The Balaban J connectivity index is 1.02. The van der Waals surface area contributed by atoms with Gasteiger partial charge in [0.1, 0.15) is 11.2 Å². The van der Waals surface area contributed by atoms with Gasteiger partial charge in [0.15, 0.2) is 0 Å². The number of furan rings is 1. The van der Waals surface area contributed by atoms with Crippen molar-refractivity contribution in [2.24, 2.45) is 0 Å². The molecule has 0 N–H and O–H groups in total. The van der Waals surface area contributed by atoms with E-state index in [0.29, 0.717) is 0 Å². The van der Waals surface area contributed by atoms with Crippen LogP contribution in [0.1, 0.15) is 0 Å². The van der Waals surface area contributed by atoms with E-state index in [1.54, 1.807) is 0 Å². The van der Waals surface area contributed by atoms with Gasteiger partial charge in [0.05, 0.1) is 5.69 Å². The molecule has 12 rings (SSSR count). The summed E-state index contributed by atoms with van der Waals surface area (Å²) < 4.78 is 6.23. The van der Waals surface area contributed by atoms with Gasteiger partial charge in [0.2, 0.25) is 0 Å². The lowest BCUT2D eigenvalue weighted by Crippen LogP contribution is -2.10. The largest absolute Gasteiger partial charge is 0.456 e. The summed E-state index contributed by atoms with van der Waals surface area (Å²) in [6.45, 7) is 0. The predicted octanol–water partition coefficient (Wildman–Crippen LogP) is 16.7. The molecule has 0 spiro atoms. The van der Waals surface area contributed by atoms with Gasteiger partial charge in [0, 0.05) is 27.5 Å². The topological polar surface area (TPSA) is 16.4 Å². The molecule has 1 aromatic heterocycles. The maximum atomic E-state index is 6.23. The molecule has 2 heteroatoms. The van der Waals surface area contributed by atoms with Crippen molar-refractivity contribution >= 4 is 82.1 Å². The van der Waals surface area contributed by atoms with Crippen LogP contribution in [0.4, 0.5) is 17.1 Å². The smallest absolute Gasteiger partial charge is 0.136 e. The Morgan fingerprint density at radius 3 is 1.82 bits per heavy atom. The van der Waals surface area contributed by atoms with Crippen LogP contribution in [-0.4, -0.2) is 0 Å². The van der Waals surface area contributed by atoms with Gasteiger partial charge < -0.3 is 9.32 Å². The number of hydrogen-bond acceptors (Lipinski definition) is 2. The maximum Gasteiger partial charge on any atom is 0.136 e. The molecular formula is C58H37NO. The third-order valence-corrected chi connectivity index (χ3v) is 12.2. The van der Waals surface area contributed by atoms with Crippen molar-refractivity contribution in [2.75, 3.05) is 4.90 Å². The van der Waals surface area contributed by atoms with Crippen LogP contribution in [0, 0.1) is 0 Å². The van der Waals surface area contributed by atoms with Crippen molar-refractivity contribution in [1.82, 2.24) is 0 Å². The summed E-state index contributed by atoms with van der Waals surface area (Å²) in [4.78, 5) is 2.42. The summed E-state index contributed by atoms with van der Waals surface area (Å²) in [5.74, 6) is 0. The molecule has 12 aromatic rings. The van der Waals surface area contributed by atoms with E-state index in [9.17, 15) is 0 Å². The number of anilines is 3. The quantitative estimate of drug-likeness (QED) is 0.157. The predicted molar refractivity (Wildman–Crippen MR) is 255 cm³/mol. The van der Waals surface area contributed by atoms with Crippen LogP contribution in [0.15, 0.2) is 229 Å².